The molecule has 0 bridgehead atoms. The molecule has 1 heterocycles. The standard InChI is InChI=1S/C7H11N3O3S/c1-14(12,13)3-2-8-6-4-7(11)10-9-5-6/h4-5H,2-3H2,1H3,(H2,8,10,11). The predicted octanol–water partition coefficient (Wildman–Crippen LogP) is -0.774. The molecule has 0 unspecified atom stereocenters. The van der Waals surface area contributed by atoms with E-state index in [1.807, 2.05) is 0 Å². The number of nitrogens with zero attached hydrogens (tertiary/aromatic N) is 1. The number of hydrogen-bond donors (Lipinski definition) is 2. The maximum absolute atomic E-state index is 10.8. The Morgan fingerprint density at radius 2 is 2.29 bits per heavy atom. The lowest BCUT2D eigenvalue weighted by Crippen LogP contribution is -2.16. The number of aromatic nitrogens is 2. The number of sulfone groups is 1. The van der Waals surface area contributed by atoms with Gasteiger partial charge in [0.25, 0.3) is 5.56 Å². The van der Waals surface area contributed by atoms with E-state index in [0.29, 0.717) is 5.69 Å². The van der Waals surface area contributed by atoms with E-state index in [1.165, 1.54) is 12.3 Å². The van der Waals surface area contributed by atoms with E-state index in [1.54, 1.807) is 0 Å². The molecule has 0 fully saturated rings. The van der Waals surface area contributed by atoms with E-state index in [4.69, 9.17) is 0 Å². The molecule has 0 aliphatic rings. The summed E-state index contributed by atoms with van der Waals surface area (Å²) in [6.07, 6.45) is 2.58. The summed E-state index contributed by atoms with van der Waals surface area (Å²) in [7, 11) is -2.97. The summed E-state index contributed by atoms with van der Waals surface area (Å²) in [6, 6.07) is 1.31. The van der Waals surface area contributed by atoms with E-state index in [0.717, 1.165) is 6.26 Å². The van der Waals surface area contributed by atoms with Crippen LogP contribution in [-0.4, -0.2) is 37.2 Å². The van der Waals surface area contributed by atoms with Gasteiger partial charge in [-0.15, -0.1) is 0 Å². The maximum atomic E-state index is 10.8. The monoisotopic (exact) mass is 217 g/mol. The first kappa shape index (κ1) is 10.7. The van der Waals surface area contributed by atoms with Gasteiger partial charge in [0.05, 0.1) is 17.6 Å². The van der Waals surface area contributed by atoms with Crippen LogP contribution in [0.5, 0.6) is 0 Å². The van der Waals surface area contributed by atoms with Gasteiger partial charge in [-0.25, -0.2) is 13.5 Å². The Balaban J connectivity index is 2.51. The first-order valence-corrected chi connectivity index (χ1v) is 6.00. The van der Waals surface area contributed by atoms with Crippen LogP contribution in [0.1, 0.15) is 0 Å². The third-order valence-electron chi connectivity index (χ3n) is 1.47. The highest BCUT2D eigenvalue weighted by molar-refractivity contribution is 7.90. The average molecular weight is 217 g/mol. The van der Waals surface area contributed by atoms with E-state index in [2.05, 4.69) is 15.5 Å². The second kappa shape index (κ2) is 4.23. The molecular weight excluding hydrogens is 206 g/mol. The summed E-state index contributed by atoms with van der Waals surface area (Å²) in [4.78, 5) is 10.8. The summed E-state index contributed by atoms with van der Waals surface area (Å²) >= 11 is 0. The number of H-pyrrole nitrogens is 1. The molecule has 0 spiro atoms. The number of rotatable bonds is 4. The summed E-state index contributed by atoms with van der Waals surface area (Å²) in [5, 5.41) is 8.54. The van der Waals surface area contributed by atoms with Crippen molar-refractivity contribution in [2.24, 2.45) is 0 Å². The van der Waals surface area contributed by atoms with Gasteiger partial charge in [-0.3, -0.25) is 4.79 Å². The first-order valence-electron chi connectivity index (χ1n) is 3.94. The quantitative estimate of drug-likeness (QED) is 0.690. The molecule has 6 nitrogen and oxygen atoms in total. The average Bonchev–Trinajstić information content (AvgIpc) is 2.01. The van der Waals surface area contributed by atoms with Crippen LogP contribution < -0.4 is 10.9 Å². The predicted molar refractivity (Wildman–Crippen MR) is 53.1 cm³/mol. The van der Waals surface area contributed by atoms with Crippen molar-refractivity contribution >= 4 is 15.5 Å². The van der Waals surface area contributed by atoms with Crippen molar-refractivity contribution in [3.8, 4) is 0 Å². The largest absolute Gasteiger partial charge is 0.383 e. The number of hydrogen-bond acceptors (Lipinski definition) is 5. The maximum Gasteiger partial charge on any atom is 0.266 e. The highest BCUT2D eigenvalue weighted by atomic mass is 32.2. The van der Waals surface area contributed by atoms with Crippen LogP contribution in [0.3, 0.4) is 0 Å². The summed E-state index contributed by atoms with van der Waals surface area (Å²) in [5.74, 6) is 0.0276. The van der Waals surface area contributed by atoms with Crippen LogP contribution in [0.4, 0.5) is 5.69 Å². The Labute approximate surface area is 81.3 Å². The lowest BCUT2D eigenvalue weighted by Gasteiger charge is -2.03. The molecule has 1 aromatic heterocycles. The highest BCUT2D eigenvalue weighted by Crippen LogP contribution is 1.97. The van der Waals surface area contributed by atoms with Crippen molar-refractivity contribution in [1.29, 1.82) is 0 Å². The topological polar surface area (TPSA) is 91.9 Å². The van der Waals surface area contributed by atoms with Gasteiger partial charge >= 0.3 is 0 Å². The SMILES string of the molecule is CS(=O)(=O)CCNc1cn[nH]c(=O)c1. The van der Waals surface area contributed by atoms with E-state index < -0.39 is 9.84 Å². The number of anilines is 1. The van der Waals surface area contributed by atoms with Gasteiger partial charge in [0.2, 0.25) is 0 Å². The van der Waals surface area contributed by atoms with Crippen molar-refractivity contribution in [3.63, 3.8) is 0 Å². The molecule has 1 rings (SSSR count). The lowest BCUT2D eigenvalue weighted by molar-refractivity contribution is 0.602. The minimum absolute atomic E-state index is 0.0276. The molecule has 7 heteroatoms. The van der Waals surface area contributed by atoms with Crippen molar-refractivity contribution < 1.29 is 8.42 Å². The molecule has 2 N–H and O–H groups in total. The van der Waals surface area contributed by atoms with Crippen molar-refractivity contribution in [1.82, 2.24) is 10.2 Å². The zero-order valence-electron chi connectivity index (χ0n) is 7.65. The van der Waals surface area contributed by atoms with Gasteiger partial charge in [0, 0.05) is 18.9 Å². The van der Waals surface area contributed by atoms with Gasteiger partial charge < -0.3 is 5.32 Å². The molecule has 14 heavy (non-hydrogen) atoms. The molecule has 78 valence electrons. The smallest absolute Gasteiger partial charge is 0.266 e. The molecule has 0 saturated carbocycles. The second-order valence-corrected chi connectivity index (χ2v) is 5.15. The zero-order valence-corrected chi connectivity index (χ0v) is 8.47. The summed E-state index contributed by atoms with van der Waals surface area (Å²) in [6.45, 7) is 0.268. The van der Waals surface area contributed by atoms with E-state index >= 15 is 0 Å². The van der Waals surface area contributed by atoms with Crippen molar-refractivity contribution in [2.75, 3.05) is 23.9 Å². The Hall–Kier alpha value is -1.37. The van der Waals surface area contributed by atoms with Crippen molar-refractivity contribution in [2.45, 2.75) is 0 Å². The highest BCUT2D eigenvalue weighted by Gasteiger charge is 2.01. The minimum Gasteiger partial charge on any atom is -0.383 e. The van der Waals surface area contributed by atoms with Gasteiger partial charge in [0.1, 0.15) is 9.84 Å². The van der Waals surface area contributed by atoms with E-state index in [9.17, 15) is 13.2 Å². The molecule has 0 atom stereocenters. The fraction of sp³-hybridized carbons (Fsp3) is 0.429. The molecule has 0 amide bonds. The Morgan fingerprint density at radius 1 is 1.57 bits per heavy atom. The molecule has 0 radical (unpaired) electrons. The lowest BCUT2D eigenvalue weighted by atomic mass is 10.4. The van der Waals surface area contributed by atoms with Crippen LogP contribution in [0.2, 0.25) is 0 Å². The van der Waals surface area contributed by atoms with Gasteiger partial charge in [-0.05, 0) is 0 Å². The molecule has 0 aromatic carbocycles. The summed E-state index contributed by atoms with van der Waals surface area (Å²) < 4.78 is 21.5. The normalized spacial score (nSPS) is 11.2. The van der Waals surface area contributed by atoms with Gasteiger partial charge in [-0.1, -0.05) is 0 Å². The van der Waals surface area contributed by atoms with Crippen LogP contribution >= 0.6 is 0 Å². The first-order chi connectivity index (χ1) is 6.47. The third-order valence-corrected chi connectivity index (χ3v) is 2.41. The summed E-state index contributed by atoms with van der Waals surface area (Å²) in [5.41, 5.74) is 0.187. The molecule has 0 aliphatic carbocycles. The van der Waals surface area contributed by atoms with Crippen LogP contribution in [0.15, 0.2) is 17.1 Å². The molecule has 0 saturated heterocycles. The van der Waals surface area contributed by atoms with E-state index in [-0.39, 0.29) is 17.9 Å². The second-order valence-electron chi connectivity index (χ2n) is 2.89. The molecule has 0 aliphatic heterocycles. The minimum atomic E-state index is -2.97. The van der Waals surface area contributed by atoms with Gasteiger partial charge in [-0.2, -0.15) is 5.10 Å². The Kier molecular flexibility index (Phi) is 3.23. The zero-order chi connectivity index (χ0) is 10.6. The fourth-order valence-electron chi connectivity index (χ4n) is 0.854. The van der Waals surface area contributed by atoms with Crippen LogP contribution in [-0.2, 0) is 9.84 Å². The fourth-order valence-corrected chi connectivity index (χ4v) is 1.33. The van der Waals surface area contributed by atoms with Crippen LogP contribution in [0.25, 0.3) is 0 Å². The molecular formula is C7H11N3O3S. The van der Waals surface area contributed by atoms with Crippen molar-refractivity contribution in [3.05, 3.63) is 22.6 Å². The Morgan fingerprint density at radius 3 is 2.86 bits per heavy atom. The van der Waals surface area contributed by atoms with Gasteiger partial charge in [0.15, 0.2) is 0 Å². The molecule has 1 aromatic rings. The Bertz CT molecular complexity index is 451. The van der Waals surface area contributed by atoms with Crippen LogP contribution in [0, 0.1) is 0 Å². The number of aromatic amines is 1. The number of nitrogens with one attached hydrogen (secondary N) is 2. The third kappa shape index (κ3) is 4.04.